The van der Waals surface area contributed by atoms with E-state index in [1.54, 1.807) is 24.4 Å². The predicted octanol–water partition coefficient (Wildman–Crippen LogP) is 3.87. The fourth-order valence-corrected chi connectivity index (χ4v) is 3.01. The summed E-state index contributed by atoms with van der Waals surface area (Å²) in [4.78, 5) is 24.9. The van der Waals surface area contributed by atoms with Crippen LogP contribution in [0.25, 0.3) is 11.1 Å². The van der Waals surface area contributed by atoms with Gasteiger partial charge in [0.1, 0.15) is 5.76 Å². The Balaban J connectivity index is 1.79. The van der Waals surface area contributed by atoms with E-state index in [9.17, 15) is 9.59 Å². The minimum atomic E-state index is -0.222. The first-order valence-corrected chi connectivity index (χ1v) is 9.15. The van der Waals surface area contributed by atoms with Gasteiger partial charge in [-0.2, -0.15) is 0 Å². The zero-order chi connectivity index (χ0) is 18.7. The topological polar surface area (TPSA) is 64.2 Å². The smallest absolute Gasteiger partial charge is 0.224 e. The van der Waals surface area contributed by atoms with E-state index in [0.717, 1.165) is 5.56 Å². The molecule has 0 unspecified atom stereocenters. The first-order chi connectivity index (χ1) is 12.5. The van der Waals surface area contributed by atoms with Gasteiger partial charge in [0.25, 0.3) is 0 Å². The Kier molecular flexibility index (Phi) is 5.69. The summed E-state index contributed by atoms with van der Waals surface area (Å²) in [5.74, 6) is 0.500. The minimum absolute atomic E-state index is 0.00372. The number of alkyl halides is 1. The van der Waals surface area contributed by atoms with Gasteiger partial charge in [-0.25, -0.2) is 0 Å². The van der Waals surface area contributed by atoms with Gasteiger partial charge in [-0.3, -0.25) is 9.59 Å². The van der Waals surface area contributed by atoms with Gasteiger partial charge >= 0.3 is 0 Å². The van der Waals surface area contributed by atoms with Crippen molar-refractivity contribution in [1.82, 2.24) is 9.88 Å². The first kappa shape index (κ1) is 18.5. The molecule has 3 rings (SSSR count). The Morgan fingerprint density at radius 3 is 2.65 bits per heavy atom. The third kappa shape index (κ3) is 3.94. The van der Waals surface area contributed by atoms with Crippen LogP contribution >= 0.6 is 23.2 Å². The maximum Gasteiger partial charge on any atom is 0.224 e. The van der Waals surface area contributed by atoms with Crippen molar-refractivity contribution in [1.29, 1.82) is 0 Å². The second-order valence-electron chi connectivity index (χ2n) is 5.91. The Labute approximate surface area is 160 Å². The molecule has 2 heterocycles. The van der Waals surface area contributed by atoms with Crippen molar-refractivity contribution in [3.05, 3.63) is 68.7 Å². The number of fused-ring (bicyclic) bond motifs is 1. The summed E-state index contributed by atoms with van der Waals surface area (Å²) >= 11 is 11.6. The largest absolute Gasteiger partial charge is 0.443 e. The summed E-state index contributed by atoms with van der Waals surface area (Å²) in [6.45, 7) is 2.94. The average Bonchev–Trinajstić information content (AvgIpc) is 3.08. The van der Waals surface area contributed by atoms with Crippen molar-refractivity contribution in [3.63, 3.8) is 0 Å². The molecule has 0 saturated carbocycles. The molecule has 0 aliphatic heterocycles. The van der Waals surface area contributed by atoms with Gasteiger partial charge in [0.05, 0.1) is 17.7 Å². The van der Waals surface area contributed by atoms with Gasteiger partial charge in [0.2, 0.25) is 11.6 Å². The standard InChI is InChI=1S/C19H18Cl2N2O3/c1-2-23-11-13(18(25)16-8-15(9-20)26-19(16)23)7-17(24)22-10-12-3-5-14(21)6-4-12/h3-6,8,11H,2,7,9-10H2,1H3,(H,22,24). The zero-order valence-electron chi connectivity index (χ0n) is 14.2. The van der Waals surface area contributed by atoms with Crippen LogP contribution < -0.4 is 10.7 Å². The molecule has 0 fully saturated rings. The molecule has 5 nitrogen and oxygen atoms in total. The molecule has 0 radical (unpaired) electrons. The monoisotopic (exact) mass is 392 g/mol. The maximum atomic E-state index is 12.7. The Bertz CT molecular complexity index is 990. The van der Waals surface area contributed by atoms with Crippen LogP contribution in [0.1, 0.15) is 23.8 Å². The van der Waals surface area contributed by atoms with Crippen molar-refractivity contribution in [2.75, 3.05) is 0 Å². The number of aryl methyl sites for hydroxylation is 1. The van der Waals surface area contributed by atoms with Crippen LogP contribution in [0.4, 0.5) is 0 Å². The number of carbonyl (C=O) groups is 1. The van der Waals surface area contributed by atoms with E-state index in [1.807, 2.05) is 23.6 Å². The Hall–Kier alpha value is -2.24. The molecule has 7 heteroatoms. The SMILES string of the molecule is CCn1cc(CC(=O)NCc2ccc(Cl)cc2)c(=O)c2cc(CCl)oc21. The van der Waals surface area contributed by atoms with Crippen LogP contribution in [0.5, 0.6) is 0 Å². The molecule has 1 aromatic carbocycles. The fourth-order valence-electron chi connectivity index (χ4n) is 2.75. The number of carbonyl (C=O) groups excluding carboxylic acids is 1. The number of furan rings is 1. The van der Waals surface area contributed by atoms with Crippen molar-refractivity contribution < 1.29 is 9.21 Å². The molecule has 0 aliphatic rings. The number of pyridine rings is 1. The molecular formula is C19H18Cl2N2O3. The van der Waals surface area contributed by atoms with Crippen LogP contribution in [0.3, 0.4) is 0 Å². The number of amides is 1. The van der Waals surface area contributed by atoms with Crippen LogP contribution in [-0.4, -0.2) is 10.5 Å². The molecular weight excluding hydrogens is 375 g/mol. The number of nitrogens with zero attached hydrogens (tertiary/aromatic N) is 1. The molecule has 1 amide bonds. The minimum Gasteiger partial charge on any atom is -0.443 e. The molecule has 136 valence electrons. The van der Waals surface area contributed by atoms with Crippen molar-refractivity contribution in [2.24, 2.45) is 0 Å². The van der Waals surface area contributed by atoms with Crippen molar-refractivity contribution in [2.45, 2.75) is 32.3 Å². The van der Waals surface area contributed by atoms with Crippen molar-refractivity contribution >= 4 is 40.2 Å². The average molecular weight is 393 g/mol. The lowest BCUT2D eigenvalue weighted by atomic mass is 10.1. The summed E-state index contributed by atoms with van der Waals surface area (Å²) in [6.07, 6.45) is 1.68. The lowest BCUT2D eigenvalue weighted by Crippen LogP contribution is -2.27. The summed E-state index contributed by atoms with van der Waals surface area (Å²) in [7, 11) is 0. The fraction of sp³-hybridized carbons (Fsp3) is 0.263. The number of hydrogen-bond donors (Lipinski definition) is 1. The number of halogens is 2. The van der Waals surface area contributed by atoms with Crippen molar-refractivity contribution in [3.8, 4) is 0 Å². The highest BCUT2D eigenvalue weighted by molar-refractivity contribution is 6.30. The highest BCUT2D eigenvalue weighted by Crippen LogP contribution is 2.19. The van der Waals surface area contributed by atoms with Gasteiger partial charge in [0.15, 0.2) is 5.43 Å². The molecule has 0 aliphatic carbocycles. The summed E-state index contributed by atoms with van der Waals surface area (Å²) < 4.78 is 7.43. The molecule has 3 aromatic rings. The number of aromatic nitrogens is 1. The van der Waals surface area contributed by atoms with E-state index in [4.69, 9.17) is 27.6 Å². The number of hydrogen-bond acceptors (Lipinski definition) is 3. The summed E-state index contributed by atoms with van der Waals surface area (Å²) in [5.41, 5.74) is 1.64. The van der Waals surface area contributed by atoms with Gasteiger partial charge in [-0.1, -0.05) is 23.7 Å². The third-order valence-corrected chi connectivity index (χ3v) is 4.61. The predicted molar refractivity (Wildman–Crippen MR) is 103 cm³/mol. The number of rotatable bonds is 6. The molecule has 0 saturated heterocycles. The number of nitrogens with one attached hydrogen (secondary N) is 1. The van der Waals surface area contributed by atoms with Crippen LogP contribution in [0.15, 0.2) is 45.7 Å². The highest BCUT2D eigenvalue weighted by Gasteiger charge is 2.15. The molecule has 0 bridgehead atoms. The lowest BCUT2D eigenvalue weighted by Gasteiger charge is -2.09. The van der Waals surface area contributed by atoms with Crippen LogP contribution in [0, 0.1) is 0 Å². The van der Waals surface area contributed by atoms with E-state index in [-0.39, 0.29) is 23.6 Å². The second kappa shape index (κ2) is 7.98. The van der Waals surface area contributed by atoms with Gasteiger partial charge in [-0.05, 0) is 30.7 Å². The Morgan fingerprint density at radius 2 is 2.00 bits per heavy atom. The summed E-state index contributed by atoms with van der Waals surface area (Å²) in [5, 5.41) is 3.91. The van der Waals surface area contributed by atoms with Gasteiger partial charge < -0.3 is 14.3 Å². The first-order valence-electron chi connectivity index (χ1n) is 8.23. The second-order valence-corrected chi connectivity index (χ2v) is 6.62. The zero-order valence-corrected chi connectivity index (χ0v) is 15.7. The molecule has 26 heavy (non-hydrogen) atoms. The highest BCUT2D eigenvalue weighted by atomic mass is 35.5. The van der Waals surface area contributed by atoms with E-state index in [0.29, 0.717) is 40.5 Å². The maximum absolute atomic E-state index is 12.7. The normalized spacial score (nSPS) is 11.0. The third-order valence-electron chi connectivity index (χ3n) is 4.10. The quantitative estimate of drug-likeness (QED) is 0.647. The van der Waals surface area contributed by atoms with Gasteiger partial charge in [-0.15, -0.1) is 11.6 Å². The van der Waals surface area contributed by atoms with E-state index in [2.05, 4.69) is 5.32 Å². The molecule has 2 aromatic heterocycles. The van der Waals surface area contributed by atoms with E-state index in [1.165, 1.54) is 0 Å². The molecule has 1 N–H and O–H groups in total. The molecule has 0 spiro atoms. The summed E-state index contributed by atoms with van der Waals surface area (Å²) in [6, 6.07) is 8.87. The van der Waals surface area contributed by atoms with E-state index < -0.39 is 0 Å². The van der Waals surface area contributed by atoms with Crippen LogP contribution in [0.2, 0.25) is 5.02 Å². The number of benzene rings is 1. The van der Waals surface area contributed by atoms with Crippen LogP contribution in [-0.2, 0) is 30.2 Å². The Morgan fingerprint density at radius 1 is 1.27 bits per heavy atom. The molecule has 0 atom stereocenters. The van der Waals surface area contributed by atoms with E-state index >= 15 is 0 Å². The van der Waals surface area contributed by atoms with Gasteiger partial charge in [0, 0.05) is 29.9 Å². The lowest BCUT2D eigenvalue weighted by molar-refractivity contribution is -0.120.